The predicted molar refractivity (Wildman–Crippen MR) is 125 cm³/mol. The van der Waals surface area contributed by atoms with E-state index in [1.807, 2.05) is 42.5 Å². The highest BCUT2D eigenvalue weighted by Gasteiger charge is 2.25. The number of nitrogens with zero attached hydrogens (tertiary/aromatic N) is 3. The first kappa shape index (κ1) is 22.4. The lowest BCUT2D eigenvalue weighted by Gasteiger charge is -2.24. The first-order valence-electron chi connectivity index (χ1n) is 10.6. The lowest BCUT2D eigenvalue weighted by molar-refractivity contribution is 0.0993. The van der Waals surface area contributed by atoms with E-state index < -0.39 is 0 Å². The maximum absolute atomic E-state index is 12.9. The molecular formula is C24H32ClN3O2. The fraction of sp³-hybridized carbons (Fsp3) is 0.458. The highest BCUT2D eigenvalue weighted by molar-refractivity contribution is 6.33. The average Bonchev–Trinajstić information content (AvgIpc) is 3.23. The zero-order valence-electron chi connectivity index (χ0n) is 18.4. The molecule has 5 nitrogen and oxygen atoms in total. The van der Waals surface area contributed by atoms with Crippen molar-refractivity contribution in [1.82, 2.24) is 4.90 Å². The fourth-order valence-electron chi connectivity index (χ4n) is 3.68. The molecule has 1 saturated heterocycles. The van der Waals surface area contributed by atoms with Gasteiger partial charge in [0.15, 0.2) is 0 Å². The molecule has 1 aliphatic heterocycles. The highest BCUT2D eigenvalue weighted by atomic mass is 35.5. The Bertz CT molecular complexity index is 854. The van der Waals surface area contributed by atoms with Crippen molar-refractivity contribution in [3.63, 3.8) is 0 Å². The monoisotopic (exact) mass is 429 g/mol. The number of likely N-dealkylation sites (N-methyl/N-ethyl adjacent to an activating group) is 1. The second-order valence-corrected chi connectivity index (χ2v) is 8.49. The summed E-state index contributed by atoms with van der Waals surface area (Å²) in [6.07, 6.45) is 3.24. The van der Waals surface area contributed by atoms with Crippen molar-refractivity contribution >= 4 is 28.9 Å². The van der Waals surface area contributed by atoms with Gasteiger partial charge in [-0.25, -0.2) is 0 Å². The number of benzene rings is 2. The highest BCUT2D eigenvalue weighted by Crippen LogP contribution is 2.33. The van der Waals surface area contributed by atoms with Crippen LogP contribution in [0.15, 0.2) is 42.5 Å². The summed E-state index contributed by atoms with van der Waals surface area (Å²) in [4.78, 5) is 19.1. The molecule has 0 aliphatic carbocycles. The molecule has 1 atom stereocenters. The predicted octanol–water partition coefficient (Wildman–Crippen LogP) is 4.94. The fourth-order valence-corrected chi connectivity index (χ4v) is 3.98. The SMILES string of the molecule is CCCCOc1ccc(C(=O)N(C)c2ccc(N3CCC(N(C)C)C3)c(Cl)c2)cc1. The van der Waals surface area contributed by atoms with Crippen molar-refractivity contribution < 1.29 is 9.53 Å². The van der Waals surface area contributed by atoms with Crippen molar-refractivity contribution in [2.45, 2.75) is 32.2 Å². The summed E-state index contributed by atoms with van der Waals surface area (Å²) in [5.74, 6) is 0.712. The van der Waals surface area contributed by atoms with E-state index >= 15 is 0 Å². The third kappa shape index (κ3) is 5.27. The summed E-state index contributed by atoms with van der Waals surface area (Å²) in [7, 11) is 6.00. The lowest BCUT2D eigenvalue weighted by atomic mass is 10.1. The minimum absolute atomic E-state index is 0.0761. The third-order valence-electron chi connectivity index (χ3n) is 5.73. The quantitative estimate of drug-likeness (QED) is 0.557. The molecule has 0 aromatic heterocycles. The Balaban J connectivity index is 1.67. The van der Waals surface area contributed by atoms with Gasteiger partial charge in [0.2, 0.25) is 0 Å². The maximum atomic E-state index is 12.9. The number of unbranched alkanes of at least 4 members (excludes halogenated alkanes) is 1. The van der Waals surface area contributed by atoms with Crippen LogP contribution in [-0.4, -0.2) is 57.7 Å². The van der Waals surface area contributed by atoms with E-state index in [2.05, 4.69) is 30.8 Å². The van der Waals surface area contributed by atoms with Crippen molar-refractivity contribution in [3.8, 4) is 5.75 Å². The second-order valence-electron chi connectivity index (χ2n) is 8.08. The second kappa shape index (κ2) is 10.2. The molecule has 30 heavy (non-hydrogen) atoms. The van der Waals surface area contributed by atoms with Gasteiger partial charge in [0.05, 0.1) is 17.3 Å². The zero-order valence-corrected chi connectivity index (χ0v) is 19.2. The zero-order chi connectivity index (χ0) is 21.7. The molecule has 0 spiro atoms. The summed E-state index contributed by atoms with van der Waals surface area (Å²) in [6.45, 7) is 4.78. The molecule has 1 unspecified atom stereocenters. The van der Waals surface area contributed by atoms with Gasteiger partial charge in [-0.3, -0.25) is 4.79 Å². The Labute approximate surface area is 185 Å². The van der Waals surface area contributed by atoms with Crippen LogP contribution >= 0.6 is 11.6 Å². The smallest absolute Gasteiger partial charge is 0.258 e. The molecular weight excluding hydrogens is 398 g/mol. The maximum Gasteiger partial charge on any atom is 0.258 e. The van der Waals surface area contributed by atoms with Crippen molar-refractivity contribution in [2.24, 2.45) is 0 Å². The summed E-state index contributed by atoms with van der Waals surface area (Å²) in [6, 6.07) is 13.7. The summed E-state index contributed by atoms with van der Waals surface area (Å²) < 4.78 is 5.68. The van der Waals surface area contributed by atoms with E-state index in [1.165, 1.54) is 0 Å². The molecule has 0 bridgehead atoms. The van der Waals surface area contributed by atoms with E-state index in [0.29, 0.717) is 23.2 Å². The summed E-state index contributed by atoms with van der Waals surface area (Å²) in [5.41, 5.74) is 2.42. The Morgan fingerprint density at radius 3 is 2.50 bits per heavy atom. The first-order valence-corrected chi connectivity index (χ1v) is 11.0. The van der Waals surface area contributed by atoms with Crippen LogP contribution in [0, 0.1) is 0 Å². The van der Waals surface area contributed by atoms with Crippen LogP contribution in [0.25, 0.3) is 0 Å². The minimum atomic E-state index is -0.0761. The van der Waals surface area contributed by atoms with Gasteiger partial charge in [0, 0.05) is 37.4 Å². The Morgan fingerprint density at radius 1 is 1.17 bits per heavy atom. The number of hydrogen-bond acceptors (Lipinski definition) is 4. The van der Waals surface area contributed by atoms with Gasteiger partial charge in [-0.1, -0.05) is 24.9 Å². The number of rotatable bonds is 8. The number of ether oxygens (including phenoxy) is 1. The minimum Gasteiger partial charge on any atom is -0.494 e. The average molecular weight is 430 g/mol. The van der Waals surface area contributed by atoms with Crippen LogP contribution in [-0.2, 0) is 0 Å². The first-order chi connectivity index (χ1) is 14.4. The van der Waals surface area contributed by atoms with E-state index in [-0.39, 0.29) is 5.91 Å². The van der Waals surface area contributed by atoms with Crippen molar-refractivity contribution in [1.29, 1.82) is 0 Å². The van der Waals surface area contributed by atoms with E-state index in [0.717, 1.165) is 49.5 Å². The third-order valence-corrected chi connectivity index (χ3v) is 6.03. The lowest BCUT2D eigenvalue weighted by Crippen LogP contribution is -2.31. The molecule has 1 amide bonds. The molecule has 1 heterocycles. The van der Waals surface area contributed by atoms with Crippen LogP contribution in [0.1, 0.15) is 36.5 Å². The molecule has 2 aromatic carbocycles. The van der Waals surface area contributed by atoms with Gasteiger partial charge in [-0.2, -0.15) is 0 Å². The summed E-state index contributed by atoms with van der Waals surface area (Å²) in [5, 5.41) is 0.672. The van der Waals surface area contributed by atoms with Crippen LogP contribution in [0.4, 0.5) is 11.4 Å². The number of amides is 1. The number of anilines is 2. The molecule has 0 N–H and O–H groups in total. The van der Waals surface area contributed by atoms with E-state index in [4.69, 9.17) is 16.3 Å². The molecule has 162 valence electrons. The number of carbonyl (C=O) groups is 1. The molecule has 1 aliphatic rings. The summed E-state index contributed by atoms with van der Waals surface area (Å²) >= 11 is 6.60. The van der Waals surface area contributed by atoms with Crippen LogP contribution < -0.4 is 14.5 Å². The van der Waals surface area contributed by atoms with Crippen molar-refractivity contribution in [2.75, 3.05) is 50.6 Å². The normalized spacial score (nSPS) is 16.2. The Kier molecular flexibility index (Phi) is 7.62. The van der Waals surface area contributed by atoms with Crippen LogP contribution in [0.5, 0.6) is 5.75 Å². The van der Waals surface area contributed by atoms with Gasteiger partial charge in [0.1, 0.15) is 5.75 Å². The topological polar surface area (TPSA) is 36.0 Å². The Morgan fingerprint density at radius 2 is 1.90 bits per heavy atom. The van der Waals surface area contributed by atoms with E-state index in [1.54, 1.807) is 11.9 Å². The molecule has 2 aromatic rings. The van der Waals surface area contributed by atoms with Gasteiger partial charge in [-0.05, 0) is 69.4 Å². The van der Waals surface area contributed by atoms with Crippen LogP contribution in [0.2, 0.25) is 5.02 Å². The van der Waals surface area contributed by atoms with E-state index in [9.17, 15) is 4.79 Å². The number of halogens is 1. The molecule has 0 saturated carbocycles. The van der Waals surface area contributed by atoms with Gasteiger partial charge in [-0.15, -0.1) is 0 Å². The number of hydrogen-bond donors (Lipinski definition) is 0. The molecule has 0 radical (unpaired) electrons. The molecule has 6 heteroatoms. The van der Waals surface area contributed by atoms with Gasteiger partial charge >= 0.3 is 0 Å². The standard InChI is InChI=1S/C24H32ClN3O2/c1-5-6-15-30-21-10-7-18(8-11-21)24(29)27(4)19-9-12-23(22(25)16-19)28-14-13-20(17-28)26(2)3/h7-12,16,20H,5-6,13-15,17H2,1-4H3. The Hall–Kier alpha value is -2.24. The van der Waals surface area contributed by atoms with Crippen LogP contribution in [0.3, 0.4) is 0 Å². The van der Waals surface area contributed by atoms with Crippen molar-refractivity contribution in [3.05, 3.63) is 53.1 Å². The molecule has 1 fully saturated rings. The molecule has 3 rings (SSSR count). The van der Waals surface area contributed by atoms with Gasteiger partial charge < -0.3 is 19.4 Å². The number of carbonyl (C=O) groups excluding carboxylic acids is 1. The largest absolute Gasteiger partial charge is 0.494 e. The van der Waals surface area contributed by atoms with Gasteiger partial charge in [0.25, 0.3) is 5.91 Å².